The average molecular weight is 491 g/mol. The van der Waals surface area contributed by atoms with E-state index in [2.05, 4.69) is 9.98 Å². The molecule has 3 aromatic rings. The predicted molar refractivity (Wildman–Crippen MR) is 125 cm³/mol. The van der Waals surface area contributed by atoms with Crippen LogP contribution in [0.2, 0.25) is 5.02 Å². The van der Waals surface area contributed by atoms with Gasteiger partial charge in [0.1, 0.15) is 11.4 Å². The molecule has 4 rings (SSSR count). The molecule has 34 heavy (non-hydrogen) atoms. The van der Waals surface area contributed by atoms with Crippen LogP contribution in [0.15, 0.2) is 47.5 Å². The Bertz CT molecular complexity index is 1250. The first-order valence-corrected chi connectivity index (χ1v) is 11.3. The number of halogens is 4. The van der Waals surface area contributed by atoms with Crippen molar-refractivity contribution in [2.24, 2.45) is 4.99 Å². The molecule has 0 amide bonds. The van der Waals surface area contributed by atoms with Gasteiger partial charge in [0.15, 0.2) is 0 Å². The Morgan fingerprint density at radius 3 is 2.53 bits per heavy atom. The van der Waals surface area contributed by atoms with Crippen LogP contribution in [-0.4, -0.2) is 23.5 Å². The fraction of sp³-hybridized carbons (Fsp3) is 0.360. The average Bonchev–Trinajstić information content (AvgIpc) is 2.79. The zero-order valence-corrected chi connectivity index (χ0v) is 19.5. The summed E-state index contributed by atoms with van der Waals surface area (Å²) in [6.07, 6.45) is -2.07. The summed E-state index contributed by atoms with van der Waals surface area (Å²) in [5, 5.41) is 13.7. The predicted octanol–water partition coefficient (Wildman–Crippen LogP) is 5.72. The molecule has 180 valence electrons. The third-order valence-electron chi connectivity index (χ3n) is 6.46. The maximum absolute atomic E-state index is 13.2. The summed E-state index contributed by atoms with van der Waals surface area (Å²) in [6, 6.07) is 10.8. The summed E-state index contributed by atoms with van der Waals surface area (Å²) in [4.78, 5) is 8.29. The van der Waals surface area contributed by atoms with Crippen molar-refractivity contribution in [1.82, 2.24) is 4.98 Å². The summed E-state index contributed by atoms with van der Waals surface area (Å²) in [6.45, 7) is 1.94. The fourth-order valence-electron chi connectivity index (χ4n) is 4.67. The Hall–Kier alpha value is -3.00. The van der Waals surface area contributed by atoms with Crippen LogP contribution in [0.1, 0.15) is 55.3 Å². The molecule has 0 aliphatic heterocycles. The first-order chi connectivity index (χ1) is 16.0. The molecule has 0 radical (unpaired) electrons. The highest BCUT2D eigenvalue weighted by Crippen LogP contribution is 2.46. The van der Waals surface area contributed by atoms with E-state index >= 15 is 0 Å². The number of anilines is 1. The normalized spacial score (nSPS) is 21.6. The number of alkyl halides is 3. The molecule has 0 bridgehead atoms. The molecule has 0 unspecified atom stereocenters. The van der Waals surface area contributed by atoms with Crippen molar-refractivity contribution in [2.75, 3.05) is 12.8 Å². The van der Waals surface area contributed by atoms with E-state index in [4.69, 9.17) is 22.1 Å². The lowest BCUT2D eigenvalue weighted by Gasteiger charge is -2.37. The van der Waals surface area contributed by atoms with Crippen molar-refractivity contribution in [3.63, 3.8) is 0 Å². The second-order valence-electron chi connectivity index (χ2n) is 8.84. The zero-order chi connectivity index (χ0) is 24.7. The minimum Gasteiger partial charge on any atom is -0.858 e. The number of aromatic nitrogens is 1. The third-order valence-corrected chi connectivity index (χ3v) is 6.79. The van der Waals surface area contributed by atoms with E-state index in [1.807, 2.05) is 6.92 Å². The van der Waals surface area contributed by atoms with Gasteiger partial charge in [-0.05, 0) is 74.3 Å². The lowest BCUT2D eigenvalue weighted by molar-refractivity contribution is -0.214. The van der Waals surface area contributed by atoms with E-state index in [1.54, 1.807) is 30.3 Å². The standard InChI is InChI=1S/C25H25ClF3N3O2/c1-24(32-23(33)15-5-3-4-6-19(15)34-2)11-9-14(10-12-24)21-16(26)7-8-18-22(21)17(30)13-20(31-18)25(27,28)29/h3-8,13-14H,9-12H2,1-2H3,(H2,30,31)(H,32,33)/p-1. The van der Waals surface area contributed by atoms with Crippen LogP contribution < -0.4 is 15.6 Å². The Balaban J connectivity index is 1.63. The summed E-state index contributed by atoms with van der Waals surface area (Å²) in [7, 11) is 1.51. The van der Waals surface area contributed by atoms with E-state index < -0.39 is 17.4 Å². The number of nitrogens with zero attached hydrogens (tertiary/aromatic N) is 2. The largest absolute Gasteiger partial charge is 0.858 e. The summed E-state index contributed by atoms with van der Waals surface area (Å²) in [5.41, 5.74) is 5.74. The second-order valence-corrected chi connectivity index (χ2v) is 9.25. The van der Waals surface area contributed by atoms with Gasteiger partial charge in [0, 0.05) is 21.7 Å². The molecule has 2 aromatic carbocycles. The number of fused-ring (bicyclic) bond motifs is 1. The summed E-state index contributed by atoms with van der Waals surface area (Å²) < 4.78 is 44.9. The Labute approximate surface area is 200 Å². The number of para-hydroxylation sites is 1. The van der Waals surface area contributed by atoms with Gasteiger partial charge in [-0.2, -0.15) is 13.2 Å². The molecular formula is C25H24ClF3N3O2-. The number of rotatable bonds is 4. The smallest absolute Gasteiger partial charge is 0.433 e. The molecule has 0 saturated heterocycles. The maximum Gasteiger partial charge on any atom is 0.433 e. The number of aliphatic imine (C=N–C) groups is 1. The SMILES string of the molecule is COc1ccccc1C([O-])=NC1(C)CCC(c2c(Cl)ccc3nc(C(F)(F)F)cc(N)c23)CC1. The molecule has 1 aromatic heterocycles. The Kier molecular flexibility index (Phi) is 6.38. The van der Waals surface area contributed by atoms with Gasteiger partial charge in [-0.15, -0.1) is 0 Å². The van der Waals surface area contributed by atoms with Gasteiger partial charge in [-0.3, -0.25) is 4.99 Å². The minimum absolute atomic E-state index is 0.000742. The van der Waals surface area contributed by atoms with Gasteiger partial charge in [0.05, 0.1) is 18.2 Å². The molecule has 1 saturated carbocycles. The van der Waals surface area contributed by atoms with Gasteiger partial charge in [0.2, 0.25) is 0 Å². The van der Waals surface area contributed by atoms with Crippen molar-refractivity contribution in [3.8, 4) is 5.75 Å². The maximum atomic E-state index is 13.2. The molecule has 1 fully saturated rings. The van der Waals surface area contributed by atoms with Gasteiger partial charge in [-0.25, -0.2) is 4.98 Å². The zero-order valence-electron chi connectivity index (χ0n) is 18.7. The van der Waals surface area contributed by atoms with Crippen molar-refractivity contribution >= 4 is 34.1 Å². The van der Waals surface area contributed by atoms with E-state index in [0.717, 1.165) is 6.07 Å². The fourth-order valence-corrected chi connectivity index (χ4v) is 4.98. The van der Waals surface area contributed by atoms with Crippen LogP contribution in [0.25, 0.3) is 10.9 Å². The van der Waals surface area contributed by atoms with Crippen LogP contribution in [0.5, 0.6) is 5.75 Å². The van der Waals surface area contributed by atoms with Crippen LogP contribution in [0.3, 0.4) is 0 Å². The molecule has 2 N–H and O–H groups in total. The monoisotopic (exact) mass is 490 g/mol. The van der Waals surface area contributed by atoms with Gasteiger partial charge >= 0.3 is 6.18 Å². The first kappa shape index (κ1) is 24.1. The second kappa shape index (κ2) is 8.98. The number of benzene rings is 2. The third kappa shape index (κ3) is 4.64. The lowest BCUT2D eigenvalue weighted by Crippen LogP contribution is -2.33. The molecule has 0 spiro atoms. The van der Waals surface area contributed by atoms with Crippen LogP contribution in [0.4, 0.5) is 18.9 Å². The summed E-state index contributed by atoms with van der Waals surface area (Å²) in [5.74, 6) is 0.0914. The van der Waals surface area contributed by atoms with Crippen LogP contribution >= 0.6 is 11.6 Å². The van der Waals surface area contributed by atoms with Crippen molar-refractivity contribution in [2.45, 2.75) is 50.2 Å². The molecule has 1 heterocycles. The molecule has 9 heteroatoms. The number of ether oxygens (including phenoxy) is 1. The number of nitrogens with two attached hydrogens (primary N) is 1. The number of nitrogen functional groups attached to an aromatic ring is 1. The topological polar surface area (TPSA) is 83.6 Å². The van der Waals surface area contributed by atoms with E-state index in [0.29, 0.717) is 53.0 Å². The van der Waals surface area contributed by atoms with E-state index in [9.17, 15) is 18.3 Å². The number of hydrogen-bond acceptors (Lipinski definition) is 5. The Morgan fingerprint density at radius 2 is 1.88 bits per heavy atom. The van der Waals surface area contributed by atoms with E-state index in [1.165, 1.54) is 13.2 Å². The van der Waals surface area contributed by atoms with Gasteiger partial charge in [0.25, 0.3) is 0 Å². The van der Waals surface area contributed by atoms with Crippen molar-refractivity contribution in [1.29, 1.82) is 0 Å². The highest BCUT2D eigenvalue weighted by atomic mass is 35.5. The summed E-state index contributed by atoms with van der Waals surface area (Å²) >= 11 is 6.51. The number of pyridine rings is 1. The lowest BCUT2D eigenvalue weighted by atomic mass is 9.74. The van der Waals surface area contributed by atoms with Crippen molar-refractivity contribution < 1.29 is 23.0 Å². The first-order valence-electron chi connectivity index (χ1n) is 10.9. The van der Waals surface area contributed by atoms with Gasteiger partial charge in [-0.1, -0.05) is 29.8 Å². The van der Waals surface area contributed by atoms with Gasteiger partial charge < -0.3 is 15.6 Å². The molecular weight excluding hydrogens is 467 g/mol. The van der Waals surface area contributed by atoms with Crippen molar-refractivity contribution in [3.05, 3.63) is 64.3 Å². The molecule has 5 nitrogen and oxygen atoms in total. The highest BCUT2D eigenvalue weighted by Gasteiger charge is 2.35. The number of hydrogen-bond donors (Lipinski definition) is 1. The molecule has 1 aliphatic rings. The van der Waals surface area contributed by atoms with E-state index in [-0.39, 0.29) is 23.0 Å². The number of methoxy groups -OCH3 is 1. The highest BCUT2D eigenvalue weighted by molar-refractivity contribution is 6.32. The van der Waals surface area contributed by atoms with Crippen LogP contribution in [0, 0.1) is 0 Å². The molecule has 0 atom stereocenters. The van der Waals surface area contributed by atoms with Crippen LogP contribution in [-0.2, 0) is 6.18 Å². The Morgan fingerprint density at radius 1 is 1.21 bits per heavy atom. The quantitative estimate of drug-likeness (QED) is 0.374. The molecule has 1 aliphatic carbocycles. The minimum atomic E-state index is -4.59.